The van der Waals surface area contributed by atoms with Gasteiger partial charge in [-0.3, -0.25) is 0 Å². The molecule has 0 saturated heterocycles. The molecule has 0 atom stereocenters. The van der Waals surface area contributed by atoms with E-state index in [2.05, 4.69) is 10.1 Å². The summed E-state index contributed by atoms with van der Waals surface area (Å²) in [7, 11) is 0. The van der Waals surface area contributed by atoms with Gasteiger partial charge in [-0.15, -0.1) is 0 Å². The summed E-state index contributed by atoms with van der Waals surface area (Å²) in [6.45, 7) is 2.60. The summed E-state index contributed by atoms with van der Waals surface area (Å²) < 4.78 is 10.4. The van der Waals surface area contributed by atoms with Crippen LogP contribution in [0.1, 0.15) is 6.92 Å². The van der Waals surface area contributed by atoms with Gasteiger partial charge in [-0.1, -0.05) is 5.16 Å². The van der Waals surface area contributed by atoms with E-state index in [9.17, 15) is 0 Å². The number of hydrogen-bond donors (Lipinski definition) is 2. The molecule has 5 heteroatoms. The molecule has 0 bridgehead atoms. The Hall–Kier alpha value is -2.43. The molecule has 0 unspecified atom stereocenters. The molecule has 0 amide bonds. The predicted molar refractivity (Wildman–Crippen MR) is 69.4 cm³/mol. The smallest absolute Gasteiger partial charge is 0.222 e. The van der Waals surface area contributed by atoms with Crippen molar-refractivity contribution in [3.05, 3.63) is 30.5 Å². The molecule has 0 saturated carbocycles. The third kappa shape index (κ3) is 1.69. The van der Waals surface area contributed by atoms with Crippen LogP contribution in [-0.2, 0) is 0 Å². The molecule has 0 spiro atoms. The van der Waals surface area contributed by atoms with Crippen molar-refractivity contribution in [3.63, 3.8) is 0 Å². The Morgan fingerprint density at radius 2 is 2.28 bits per heavy atom. The number of nitrogen functional groups attached to an aromatic ring is 1. The molecule has 1 aromatic carbocycles. The maximum Gasteiger partial charge on any atom is 0.222 e. The monoisotopic (exact) mass is 243 g/mol. The maximum absolute atomic E-state index is 5.54. The first kappa shape index (κ1) is 10.7. The molecule has 3 N–H and O–H groups in total. The minimum atomic E-state index is 0.306. The van der Waals surface area contributed by atoms with Crippen molar-refractivity contribution in [3.8, 4) is 17.0 Å². The van der Waals surface area contributed by atoms with E-state index in [1.807, 2.05) is 31.3 Å². The lowest BCUT2D eigenvalue weighted by atomic mass is 10.1. The minimum absolute atomic E-state index is 0.306. The van der Waals surface area contributed by atoms with Crippen LogP contribution >= 0.6 is 0 Å². The summed E-state index contributed by atoms with van der Waals surface area (Å²) in [6, 6.07) is 7.60. The highest BCUT2D eigenvalue weighted by Crippen LogP contribution is 2.31. The van der Waals surface area contributed by atoms with Crippen LogP contribution < -0.4 is 10.5 Å². The molecule has 0 fully saturated rings. The molecule has 2 heterocycles. The second-order valence-electron chi connectivity index (χ2n) is 3.96. The number of fused-ring (bicyclic) bond motifs is 1. The summed E-state index contributed by atoms with van der Waals surface area (Å²) in [5.41, 5.74) is 8.23. The summed E-state index contributed by atoms with van der Waals surface area (Å²) in [6.07, 6.45) is 1.89. The average molecular weight is 243 g/mol. The van der Waals surface area contributed by atoms with E-state index in [1.54, 1.807) is 6.07 Å². The van der Waals surface area contributed by atoms with E-state index < -0.39 is 0 Å². The summed E-state index contributed by atoms with van der Waals surface area (Å²) >= 11 is 0. The molecule has 2 aromatic heterocycles. The van der Waals surface area contributed by atoms with Gasteiger partial charge < -0.3 is 20.0 Å². The Bertz CT molecular complexity index is 684. The predicted octanol–water partition coefficient (Wildman–Crippen LogP) is 2.80. The van der Waals surface area contributed by atoms with Gasteiger partial charge in [-0.25, -0.2) is 0 Å². The molecule has 0 aliphatic heterocycles. The zero-order valence-corrected chi connectivity index (χ0v) is 9.93. The Balaban J connectivity index is 2.14. The molecule has 3 rings (SSSR count). The van der Waals surface area contributed by atoms with Crippen LogP contribution in [0.4, 0.5) is 5.88 Å². The fourth-order valence-electron chi connectivity index (χ4n) is 1.98. The van der Waals surface area contributed by atoms with Gasteiger partial charge in [0.1, 0.15) is 11.4 Å². The van der Waals surface area contributed by atoms with Crippen molar-refractivity contribution >= 4 is 16.8 Å². The maximum atomic E-state index is 5.54. The SMILES string of the molecule is CCOc1ccc2[nH]cc(-c3cc(N)on3)c2c1. The molecular formula is C13H13N3O2. The topological polar surface area (TPSA) is 77.1 Å². The van der Waals surface area contributed by atoms with Crippen molar-refractivity contribution in [1.29, 1.82) is 0 Å². The number of ether oxygens (including phenoxy) is 1. The van der Waals surface area contributed by atoms with Crippen molar-refractivity contribution in [1.82, 2.24) is 10.1 Å². The van der Waals surface area contributed by atoms with Gasteiger partial charge in [0, 0.05) is 28.7 Å². The van der Waals surface area contributed by atoms with Crippen molar-refractivity contribution in [2.75, 3.05) is 12.3 Å². The van der Waals surface area contributed by atoms with Crippen LogP contribution in [0.5, 0.6) is 5.75 Å². The van der Waals surface area contributed by atoms with Gasteiger partial charge in [0.15, 0.2) is 0 Å². The lowest BCUT2D eigenvalue weighted by Gasteiger charge is -2.02. The van der Waals surface area contributed by atoms with E-state index in [0.29, 0.717) is 18.2 Å². The fourth-order valence-corrected chi connectivity index (χ4v) is 1.98. The van der Waals surface area contributed by atoms with Crippen LogP contribution in [-0.4, -0.2) is 16.7 Å². The molecule has 0 radical (unpaired) electrons. The molecule has 18 heavy (non-hydrogen) atoms. The van der Waals surface area contributed by atoms with Crippen LogP contribution in [0.15, 0.2) is 35.0 Å². The molecule has 0 aliphatic carbocycles. The standard InChI is InChI=1S/C13H13N3O2/c1-2-17-8-3-4-11-9(5-8)10(7-15-11)12-6-13(14)18-16-12/h3-7,15H,2,14H2,1H3. The molecule has 92 valence electrons. The lowest BCUT2D eigenvalue weighted by molar-refractivity contribution is 0.341. The number of rotatable bonds is 3. The number of nitrogens with two attached hydrogens (primary N) is 1. The van der Waals surface area contributed by atoms with E-state index in [1.165, 1.54) is 0 Å². The second-order valence-corrected chi connectivity index (χ2v) is 3.96. The van der Waals surface area contributed by atoms with Gasteiger partial charge in [-0.2, -0.15) is 0 Å². The molecule has 3 aromatic rings. The summed E-state index contributed by atoms with van der Waals surface area (Å²) in [4.78, 5) is 3.19. The Labute approximate surface area is 104 Å². The Morgan fingerprint density at radius 3 is 3.00 bits per heavy atom. The lowest BCUT2D eigenvalue weighted by Crippen LogP contribution is -1.90. The third-order valence-corrected chi connectivity index (χ3v) is 2.77. The highest BCUT2D eigenvalue weighted by molar-refractivity contribution is 5.95. The largest absolute Gasteiger partial charge is 0.494 e. The number of benzene rings is 1. The first-order valence-electron chi connectivity index (χ1n) is 5.74. The van der Waals surface area contributed by atoms with Crippen molar-refractivity contribution in [2.24, 2.45) is 0 Å². The summed E-state index contributed by atoms with van der Waals surface area (Å²) in [5, 5.41) is 4.96. The average Bonchev–Trinajstić information content (AvgIpc) is 2.95. The Morgan fingerprint density at radius 1 is 1.39 bits per heavy atom. The highest BCUT2D eigenvalue weighted by atomic mass is 16.5. The van der Waals surface area contributed by atoms with Crippen molar-refractivity contribution < 1.29 is 9.26 Å². The molecular weight excluding hydrogens is 230 g/mol. The van der Waals surface area contributed by atoms with Gasteiger partial charge >= 0.3 is 0 Å². The number of H-pyrrole nitrogens is 1. The zero-order chi connectivity index (χ0) is 12.5. The second kappa shape index (κ2) is 4.10. The van der Waals surface area contributed by atoms with Crippen molar-refractivity contribution in [2.45, 2.75) is 6.92 Å². The van der Waals surface area contributed by atoms with Gasteiger partial charge in [0.2, 0.25) is 5.88 Å². The number of anilines is 1. The number of hydrogen-bond acceptors (Lipinski definition) is 4. The van der Waals surface area contributed by atoms with E-state index in [4.69, 9.17) is 15.0 Å². The highest BCUT2D eigenvalue weighted by Gasteiger charge is 2.11. The first-order valence-corrected chi connectivity index (χ1v) is 5.74. The van der Waals surface area contributed by atoms with Crippen LogP contribution in [0.25, 0.3) is 22.2 Å². The number of nitrogens with zero attached hydrogens (tertiary/aromatic N) is 1. The quantitative estimate of drug-likeness (QED) is 0.741. The molecule has 5 nitrogen and oxygen atoms in total. The number of aromatic nitrogens is 2. The van der Waals surface area contributed by atoms with E-state index >= 15 is 0 Å². The zero-order valence-electron chi connectivity index (χ0n) is 9.93. The summed E-state index contributed by atoms with van der Waals surface area (Å²) in [5.74, 6) is 1.14. The van der Waals surface area contributed by atoms with Gasteiger partial charge in [-0.05, 0) is 25.1 Å². The normalized spacial score (nSPS) is 10.9. The third-order valence-electron chi connectivity index (χ3n) is 2.77. The minimum Gasteiger partial charge on any atom is -0.494 e. The molecule has 0 aliphatic rings. The number of aromatic amines is 1. The van der Waals surface area contributed by atoms with Gasteiger partial charge in [0.25, 0.3) is 0 Å². The van der Waals surface area contributed by atoms with Crippen LogP contribution in [0.3, 0.4) is 0 Å². The van der Waals surface area contributed by atoms with Gasteiger partial charge in [0.05, 0.1) is 6.61 Å². The van der Waals surface area contributed by atoms with Crippen LogP contribution in [0, 0.1) is 0 Å². The Kier molecular flexibility index (Phi) is 2.44. The fraction of sp³-hybridized carbons (Fsp3) is 0.154. The van der Waals surface area contributed by atoms with E-state index in [0.717, 1.165) is 22.2 Å². The van der Waals surface area contributed by atoms with Crippen LogP contribution in [0.2, 0.25) is 0 Å². The first-order chi connectivity index (χ1) is 8.78. The van der Waals surface area contributed by atoms with E-state index in [-0.39, 0.29) is 0 Å². The number of nitrogens with one attached hydrogen (secondary N) is 1.